The number of rotatable bonds is 5. The number of fused-ring (bicyclic) bond motifs is 2. The number of aromatic nitrogens is 7. The molecule has 0 aliphatic heterocycles. The molecule has 0 bridgehead atoms. The summed E-state index contributed by atoms with van der Waals surface area (Å²) in [6.07, 6.45) is 4.90. The summed E-state index contributed by atoms with van der Waals surface area (Å²) in [5, 5.41) is 15.0. The number of pyridine rings is 2. The molecule has 5 rings (SSSR count). The van der Waals surface area contributed by atoms with E-state index in [2.05, 4.69) is 46.9 Å². The molecule has 0 saturated carbocycles. The summed E-state index contributed by atoms with van der Waals surface area (Å²) in [7, 11) is 1.57. The van der Waals surface area contributed by atoms with Crippen LogP contribution in [0.5, 0.6) is 0 Å². The Kier molecular flexibility index (Phi) is 4.64. The minimum Gasteiger partial charge on any atom is -0.355 e. The minimum atomic E-state index is -0.248. The monoisotopic (exact) mass is 411 g/mol. The van der Waals surface area contributed by atoms with Gasteiger partial charge in [0.2, 0.25) is 5.65 Å². The Morgan fingerprint density at radius 3 is 2.84 bits per heavy atom. The van der Waals surface area contributed by atoms with Crippen LogP contribution >= 0.6 is 0 Å². The van der Waals surface area contributed by atoms with E-state index in [0.717, 1.165) is 16.5 Å². The van der Waals surface area contributed by atoms with Gasteiger partial charge in [0.05, 0.1) is 23.8 Å². The molecule has 0 aliphatic carbocycles. The van der Waals surface area contributed by atoms with Gasteiger partial charge >= 0.3 is 0 Å². The highest BCUT2D eigenvalue weighted by atomic mass is 16.1. The summed E-state index contributed by atoms with van der Waals surface area (Å²) in [5.41, 5.74) is 3.33. The maximum absolute atomic E-state index is 12.1. The molecule has 0 radical (unpaired) electrons. The number of amides is 1. The van der Waals surface area contributed by atoms with E-state index < -0.39 is 0 Å². The third kappa shape index (κ3) is 3.62. The zero-order chi connectivity index (χ0) is 21.2. The standard InChI is InChI=1S/C21H17N9O/c1-22-21(31)15-5-3-9-24-18(15)26-17-11-25-19-20(27-17)30(29-28-19)12-13-6-7-16-14(10-13)4-2-8-23-16/h2-11H,12H2,1H3,(H,22,31)(H,24,26,27). The van der Waals surface area contributed by atoms with Gasteiger partial charge in [-0.25, -0.2) is 19.6 Å². The largest absolute Gasteiger partial charge is 0.355 e. The van der Waals surface area contributed by atoms with Gasteiger partial charge in [0.1, 0.15) is 5.82 Å². The number of carbonyl (C=O) groups is 1. The molecule has 10 heteroatoms. The summed E-state index contributed by atoms with van der Waals surface area (Å²) < 4.78 is 1.68. The van der Waals surface area contributed by atoms with Crippen molar-refractivity contribution in [1.82, 2.24) is 40.2 Å². The Hall–Kier alpha value is -4.47. The summed E-state index contributed by atoms with van der Waals surface area (Å²) in [4.78, 5) is 29.6. The van der Waals surface area contributed by atoms with Crippen LogP contribution in [-0.2, 0) is 6.54 Å². The first-order valence-corrected chi connectivity index (χ1v) is 9.55. The van der Waals surface area contributed by atoms with Crippen molar-refractivity contribution in [2.45, 2.75) is 6.54 Å². The molecule has 10 nitrogen and oxygen atoms in total. The van der Waals surface area contributed by atoms with E-state index in [1.807, 2.05) is 24.3 Å². The fourth-order valence-corrected chi connectivity index (χ4v) is 3.26. The maximum atomic E-state index is 12.1. The van der Waals surface area contributed by atoms with Crippen molar-refractivity contribution >= 4 is 39.7 Å². The van der Waals surface area contributed by atoms with Crippen LogP contribution in [0.4, 0.5) is 11.6 Å². The van der Waals surface area contributed by atoms with Crippen molar-refractivity contribution in [3.05, 3.63) is 72.2 Å². The lowest BCUT2D eigenvalue weighted by Gasteiger charge is -2.09. The number of hydrogen-bond acceptors (Lipinski definition) is 8. The molecule has 1 aromatic carbocycles. The van der Waals surface area contributed by atoms with E-state index in [9.17, 15) is 4.79 Å². The van der Waals surface area contributed by atoms with Gasteiger partial charge in [0, 0.05) is 24.8 Å². The molecule has 5 aromatic rings. The molecule has 4 aromatic heterocycles. The summed E-state index contributed by atoms with van der Waals surface area (Å²) in [6.45, 7) is 0.479. The van der Waals surface area contributed by atoms with Gasteiger partial charge in [-0.05, 0) is 35.9 Å². The SMILES string of the molecule is CNC(=O)c1cccnc1Nc1cnc2nnn(Cc3ccc4ncccc4c3)c2n1. The second kappa shape index (κ2) is 7.75. The molecular weight excluding hydrogens is 394 g/mol. The lowest BCUT2D eigenvalue weighted by Crippen LogP contribution is -2.19. The highest BCUT2D eigenvalue weighted by molar-refractivity contribution is 5.99. The summed E-state index contributed by atoms with van der Waals surface area (Å²) >= 11 is 0. The van der Waals surface area contributed by atoms with Crippen molar-refractivity contribution in [1.29, 1.82) is 0 Å². The molecule has 0 aliphatic rings. The van der Waals surface area contributed by atoms with Crippen LogP contribution in [0.3, 0.4) is 0 Å². The van der Waals surface area contributed by atoms with Crippen molar-refractivity contribution < 1.29 is 4.79 Å². The lowest BCUT2D eigenvalue weighted by atomic mass is 10.1. The first-order chi connectivity index (χ1) is 15.2. The Balaban J connectivity index is 1.47. The topological polar surface area (TPSA) is 123 Å². The number of nitrogens with zero attached hydrogens (tertiary/aromatic N) is 7. The molecule has 0 atom stereocenters. The van der Waals surface area contributed by atoms with E-state index in [0.29, 0.717) is 35.0 Å². The van der Waals surface area contributed by atoms with Gasteiger partial charge in [-0.1, -0.05) is 17.3 Å². The highest BCUT2D eigenvalue weighted by Gasteiger charge is 2.14. The lowest BCUT2D eigenvalue weighted by molar-refractivity contribution is 0.0963. The first kappa shape index (κ1) is 18.6. The van der Waals surface area contributed by atoms with Gasteiger partial charge in [-0.3, -0.25) is 9.78 Å². The van der Waals surface area contributed by atoms with Crippen molar-refractivity contribution in [2.24, 2.45) is 0 Å². The number of hydrogen-bond donors (Lipinski definition) is 2. The quantitative estimate of drug-likeness (QED) is 0.452. The van der Waals surface area contributed by atoms with Crippen LogP contribution in [0.25, 0.3) is 22.2 Å². The fraction of sp³-hybridized carbons (Fsp3) is 0.0952. The molecular formula is C21H17N9O. The Morgan fingerprint density at radius 2 is 1.94 bits per heavy atom. The third-order valence-corrected chi connectivity index (χ3v) is 4.75. The number of carbonyl (C=O) groups excluding carboxylic acids is 1. The Labute approximate surface area is 176 Å². The molecule has 0 fully saturated rings. The van der Waals surface area contributed by atoms with Crippen LogP contribution in [0.15, 0.2) is 61.1 Å². The molecule has 1 amide bonds. The minimum absolute atomic E-state index is 0.248. The van der Waals surface area contributed by atoms with Gasteiger partial charge in [0.15, 0.2) is 11.5 Å². The van der Waals surface area contributed by atoms with Gasteiger partial charge < -0.3 is 10.6 Å². The predicted molar refractivity (Wildman–Crippen MR) is 115 cm³/mol. The first-order valence-electron chi connectivity index (χ1n) is 9.55. The fourth-order valence-electron chi connectivity index (χ4n) is 3.26. The smallest absolute Gasteiger partial charge is 0.254 e. The molecule has 0 saturated heterocycles. The average Bonchev–Trinajstić information content (AvgIpc) is 3.21. The van der Waals surface area contributed by atoms with Crippen LogP contribution in [0.1, 0.15) is 15.9 Å². The molecule has 2 N–H and O–H groups in total. The van der Waals surface area contributed by atoms with Crippen LogP contribution < -0.4 is 10.6 Å². The number of benzene rings is 1. The van der Waals surface area contributed by atoms with Crippen LogP contribution in [0, 0.1) is 0 Å². The zero-order valence-electron chi connectivity index (χ0n) is 16.5. The number of nitrogens with one attached hydrogen (secondary N) is 2. The third-order valence-electron chi connectivity index (χ3n) is 4.75. The average molecular weight is 411 g/mol. The van der Waals surface area contributed by atoms with Crippen molar-refractivity contribution in [3.63, 3.8) is 0 Å². The van der Waals surface area contributed by atoms with Crippen molar-refractivity contribution in [3.8, 4) is 0 Å². The maximum Gasteiger partial charge on any atom is 0.254 e. The summed E-state index contributed by atoms with van der Waals surface area (Å²) in [5.74, 6) is 0.571. The summed E-state index contributed by atoms with van der Waals surface area (Å²) in [6, 6.07) is 13.3. The predicted octanol–water partition coefficient (Wildman–Crippen LogP) is 2.32. The molecule has 152 valence electrons. The van der Waals surface area contributed by atoms with Gasteiger partial charge in [-0.2, -0.15) is 0 Å². The second-order valence-electron chi connectivity index (χ2n) is 6.78. The van der Waals surface area contributed by atoms with E-state index >= 15 is 0 Å². The van der Waals surface area contributed by atoms with Crippen molar-refractivity contribution in [2.75, 3.05) is 12.4 Å². The van der Waals surface area contributed by atoms with Gasteiger partial charge in [0.25, 0.3) is 5.91 Å². The normalized spacial score (nSPS) is 11.0. The van der Waals surface area contributed by atoms with Crippen LogP contribution in [0.2, 0.25) is 0 Å². The van der Waals surface area contributed by atoms with E-state index in [1.165, 1.54) is 6.20 Å². The number of anilines is 2. The van der Waals surface area contributed by atoms with E-state index in [1.54, 1.807) is 36.3 Å². The van der Waals surface area contributed by atoms with E-state index in [4.69, 9.17) is 0 Å². The van der Waals surface area contributed by atoms with Gasteiger partial charge in [-0.15, -0.1) is 5.10 Å². The molecule has 0 spiro atoms. The molecule has 4 heterocycles. The molecule has 0 unspecified atom stereocenters. The Bertz CT molecular complexity index is 1410. The zero-order valence-corrected chi connectivity index (χ0v) is 16.5. The van der Waals surface area contributed by atoms with E-state index in [-0.39, 0.29) is 5.91 Å². The second-order valence-corrected chi connectivity index (χ2v) is 6.78. The highest BCUT2D eigenvalue weighted by Crippen LogP contribution is 2.19. The van der Waals surface area contributed by atoms with Crippen LogP contribution in [-0.4, -0.2) is 47.9 Å². The molecule has 31 heavy (non-hydrogen) atoms. The Morgan fingerprint density at radius 1 is 1.06 bits per heavy atom.